The van der Waals surface area contributed by atoms with Crippen molar-refractivity contribution < 1.29 is 9.53 Å². The van der Waals surface area contributed by atoms with Crippen LogP contribution in [0.3, 0.4) is 0 Å². The normalized spacial score (nSPS) is 15.4. The summed E-state index contributed by atoms with van der Waals surface area (Å²) < 4.78 is 7.01. The van der Waals surface area contributed by atoms with Crippen molar-refractivity contribution in [3.05, 3.63) is 63.9 Å². The Kier molecular flexibility index (Phi) is 5.92. The lowest BCUT2D eigenvalue weighted by Crippen LogP contribution is -2.44. The van der Waals surface area contributed by atoms with E-state index in [9.17, 15) is 9.59 Å². The topological polar surface area (TPSA) is 64.4 Å². The first-order chi connectivity index (χ1) is 14.5. The summed E-state index contributed by atoms with van der Waals surface area (Å²) in [6.45, 7) is 8.21. The van der Waals surface area contributed by atoms with Crippen LogP contribution in [-0.2, 0) is 9.53 Å². The van der Waals surface area contributed by atoms with E-state index in [0.29, 0.717) is 42.4 Å². The van der Waals surface area contributed by atoms with E-state index in [-0.39, 0.29) is 16.7 Å². The number of rotatable bonds is 4. The minimum absolute atomic E-state index is 0.0400. The molecule has 0 saturated carbocycles. The lowest BCUT2D eigenvalue weighted by Gasteiger charge is -2.29. The summed E-state index contributed by atoms with van der Waals surface area (Å²) in [5.74, 6) is 0.0400. The number of amides is 1. The number of carbonyl (C=O) groups excluding carboxylic acids is 1. The van der Waals surface area contributed by atoms with Crippen molar-refractivity contribution in [1.29, 1.82) is 0 Å². The van der Waals surface area contributed by atoms with Crippen LogP contribution in [-0.4, -0.2) is 51.9 Å². The first-order valence-electron chi connectivity index (χ1n) is 10.1. The van der Waals surface area contributed by atoms with Crippen LogP contribution in [0.2, 0.25) is 0 Å². The van der Waals surface area contributed by atoms with Crippen molar-refractivity contribution in [3.8, 4) is 5.69 Å². The van der Waals surface area contributed by atoms with Crippen LogP contribution < -0.4 is 5.56 Å². The number of hydrogen-bond donors (Lipinski definition) is 0. The predicted molar refractivity (Wildman–Crippen MR) is 120 cm³/mol. The van der Waals surface area contributed by atoms with Crippen LogP contribution in [0.25, 0.3) is 16.6 Å². The van der Waals surface area contributed by atoms with E-state index in [1.807, 2.05) is 62.1 Å². The maximum Gasteiger partial charge on any atom is 0.266 e. The summed E-state index contributed by atoms with van der Waals surface area (Å²) in [6.07, 6.45) is 0. The highest BCUT2D eigenvalue weighted by atomic mass is 32.2. The number of hydrogen-bond acceptors (Lipinski definition) is 5. The maximum absolute atomic E-state index is 13.5. The van der Waals surface area contributed by atoms with Gasteiger partial charge in [0, 0.05) is 13.1 Å². The van der Waals surface area contributed by atoms with Gasteiger partial charge in [-0.15, -0.1) is 0 Å². The number of fused-ring (bicyclic) bond motifs is 1. The van der Waals surface area contributed by atoms with Gasteiger partial charge in [0.05, 0.1) is 35.1 Å². The number of ether oxygens (including phenoxy) is 1. The van der Waals surface area contributed by atoms with Crippen molar-refractivity contribution >= 4 is 28.6 Å². The predicted octanol–water partition coefficient (Wildman–Crippen LogP) is 3.34. The van der Waals surface area contributed by atoms with E-state index in [2.05, 4.69) is 0 Å². The molecule has 0 bridgehead atoms. The molecule has 4 rings (SSSR count). The fourth-order valence-corrected chi connectivity index (χ4v) is 4.63. The molecule has 3 aromatic rings. The molecule has 1 fully saturated rings. The SMILES string of the molecule is Cc1cccc(-n2c(SC(C)C(=O)N3CCOCC3)nc3ccccc3c2=O)c1C. The Morgan fingerprint density at radius 3 is 2.60 bits per heavy atom. The number of morpholine rings is 1. The molecule has 0 radical (unpaired) electrons. The number of thioether (sulfide) groups is 1. The van der Waals surface area contributed by atoms with Gasteiger partial charge in [-0.1, -0.05) is 36.0 Å². The van der Waals surface area contributed by atoms with Crippen LogP contribution >= 0.6 is 11.8 Å². The molecule has 6 nitrogen and oxygen atoms in total. The van der Waals surface area contributed by atoms with Crippen LogP contribution in [0.4, 0.5) is 0 Å². The molecule has 0 N–H and O–H groups in total. The first kappa shape index (κ1) is 20.6. The zero-order valence-electron chi connectivity index (χ0n) is 17.4. The lowest BCUT2D eigenvalue weighted by atomic mass is 10.1. The molecule has 1 atom stereocenters. The Balaban J connectivity index is 1.81. The summed E-state index contributed by atoms with van der Waals surface area (Å²) >= 11 is 1.33. The summed E-state index contributed by atoms with van der Waals surface area (Å²) in [6, 6.07) is 13.2. The second-order valence-corrected chi connectivity index (χ2v) is 8.78. The summed E-state index contributed by atoms with van der Waals surface area (Å²) in [5.41, 5.74) is 3.43. The Morgan fingerprint density at radius 1 is 1.10 bits per heavy atom. The number of nitrogens with zero attached hydrogens (tertiary/aromatic N) is 3. The minimum atomic E-state index is -0.368. The number of aryl methyl sites for hydroxylation is 1. The first-order valence-corrected chi connectivity index (χ1v) is 11.0. The standard InChI is InChI=1S/C23H25N3O3S/c1-15-7-6-10-20(16(15)2)26-22(28)18-8-4-5-9-19(18)24-23(26)30-17(3)21(27)25-11-13-29-14-12-25/h4-10,17H,11-14H2,1-3H3. The summed E-state index contributed by atoms with van der Waals surface area (Å²) in [4.78, 5) is 33.0. The number of aromatic nitrogens is 2. The zero-order valence-corrected chi connectivity index (χ0v) is 18.2. The van der Waals surface area contributed by atoms with Crippen molar-refractivity contribution in [1.82, 2.24) is 14.5 Å². The molecule has 1 aliphatic heterocycles. The Morgan fingerprint density at radius 2 is 1.83 bits per heavy atom. The smallest absolute Gasteiger partial charge is 0.266 e. The molecular formula is C23H25N3O3S. The molecule has 156 valence electrons. The van der Waals surface area contributed by atoms with Gasteiger partial charge in [0.2, 0.25) is 5.91 Å². The molecule has 7 heteroatoms. The van der Waals surface area contributed by atoms with E-state index in [4.69, 9.17) is 9.72 Å². The molecule has 2 aromatic carbocycles. The second-order valence-electron chi connectivity index (χ2n) is 7.47. The van der Waals surface area contributed by atoms with E-state index >= 15 is 0 Å². The molecule has 0 aliphatic carbocycles. The van der Waals surface area contributed by atoms with Crippen LogP contribution in [0.15, 0.2) is 52.4 Å². The second kappa shape index (κ2) is 8.62. The van der Waals surface area contributed by atoms with E-state index in [0.717, 1.165) is 16.8 Å². The zero-order chi connectivity index (χ0) is 21.3. The molecule has 1 unspecified atom stereocenters. The number of benzene rings is 2. The Bertz CT molecular complexity index is 1150. The third-order valence-electron chi connectivity index (χ3n) is 5.51. The van der Waals surface area contributed by atoms with Crippen molar-refractivity contribution in [2.24, 2.45) is 0 Å². The summed E-state index contributed by atoms with van der Waals surface area (Å²) in [7, 11) is 0. The van der Waals surface area contributed by atoms with Gasteiger partial charge >= 0.3 is 0 Å². The van der Waals surface area contributed by atoms with Crippen molar-refractivity contribution in [3.63, 3.8) is 0 Å². The van der Waals surface area contributed by atoms with Gasteiger partial charge in [-0.05, 0) is 50.1 Å². The number of para-hydroxylation sites is 1. The molecule has 1 aliphatic rings. The molecule has 0 spiro atoms. The fourth-order valence-electron chi connectivity index (χ4n) is 3.63. The highest BCUT2D eigenvalue weighted by Gasteiger charge is 2.26. The van der Waals surface area contributed by atoms with E-state index < -0.39 is 0 Å². The van der Waals surface area contributed by atoms with Gasteiger partial charge in [0.1, 0.15) is 0 Å². The fraction of sp³-hybridized carbons (Fsp3) is 0.348. The molecule has 30 heavy (non-hydrogen) atoms. The largest absolute Gasteiger partial charge is 0.378 e. The molecule has 2 heterocycles. The van der Waals surface area contributed by atoms with E-state index in [1.54, 1.807) is 10.6 Å². The highest BCUT2D eigenvalue weighted by molar-refractivity contribution is 8.00. The van der Waals surface area contributed by atoms with Crippen LogP contribution in [0, 0.1) is 13.8 Å². The van der Waals surface area contributed by atoms with Crippen LogP contribution in [0.5, 0.6) is 0 Å². The third-order valence-corrected chi connectivity index (χ3v) is 6.55. The molecular weight excluding hydrogens is 398 g/mol. The average Bonchev–Trinajstić information content (AvgIpc) is 2.76. The van der Waals surface area contributed by atoms with E-state index in [1.165, 1.54) is 11.8 Å². The molecule has 1 saturated heterocycles. The Hall–Kier alpha value is -2.64. The van der Waals surface area contributed by atoms with Gasteiger partial charge in [-0.2, -0.15) is 0 Å². The van der Waals surface area contributed by atoms with Crippen molar-refractivity contribution in [2.45, 2.75) is 31.2 Å². The highest BCUT2D eigenvalue weighted by Crippen LogP contribution is 2.28. The monoisotopic (exact) mass is 423 g/mol. The average molecular weight is 424 g/mol. The van der Waals surface area contributed by atoms with Gasteiger partial charge in [-0.3, -0.25) is 14.2 Å². The van der Waals surface area contributed by atoms with Gasteiger partial charge in [0.25, 0.3) is 5.56 Å². The molecule has 1 aromatic heterocycles. The minimum Gasteiger partial charge on any atom is -0.378 e. The Labute approximate surface area is 179 Å². The number of carbonyl (C=O) groups is 1. The van der Waals surface area contributed by atoms with Gasteiger partial charge in [0.15, 0.2) is 5.16 Å². The van der Waals surface area contributed by atoms with Gasteiger partial charge in [-0.25, -0.2) is 4.98 Å². The third kappa shape index (κ3) is 3.87. The molecule has 1 amide bonds. The van der Waals surface area contributed by atoms with Crippen LogP contribution in [0.1, 0.15) is 18.1 Å². The summed E-state index contributed by atoms with van der Waals surface area (Å²) in [5, 5.41) is 0.726. The maximum atomic E-state index is 13.5. The van der Waals surface area contributed by atoms with Crippen molar-refractivity contribution in [2.75, 3.05) is 26.3 Å². The lowest BCUT2D eigenvalue weighted by molar-refractivity contribution is -0.134. The quantitative estimate of drug-likeness (QED) is 0.476. The van der Waals surface area contributed by atoms with Gasteiger partial charge < -0.3 is 9.64 Å².